The van der Waals surface area contributed by atoms with Crippen molar-refractivity contribution in [2.45, 2.75) is 56.1 Å². The first-order valence-electron chi connectivity index (χ1n) is 14.7. The van der Waals surface area contributed by atoms with Gasteiger partial charge in [0.1, 0.15) is 11.5 Å². The van der Waals surface area contributed by atoms with Crippen LogP contribution >= 0.6 is 0 Å². The summed E-state index contributed by atoms with van der Waals surface area (Å²) in [5, 5.41) is 16.2. The Morgan fingerprint density at radius 2 is 1.81 bits per heavy atom. The topological polar surface area (TPSA) is 113 Å². The third-order valence-electron chi connectivity index (χ3n) is 8.43. The lowest BCUT2D eigenvalue weighted by atomic mass is 9.76. The molecule has 0 radical (unpaired) electrons. The molecule has 1 aliphatic heterocycles. The molecule has 1 saturated carbocycles. The number of carbonyl (C=O) groups excluding carboxylic acids is 2. The first-order valence-corrected chi connectivity index (χ1v) is 14.7. The van der Waals surface area contributed by atoms with Crippen LogP contribution in [0, 0.1) is 0 Å². The van der Waals surface area contributed by atoms with Crippen LogP contribution in [0.5, 0.6) is 11.5 Å². The Balaban J connectivity index is 1.60. The average molecular weight is 573 g/mol. The molecular formula is C33H40N4O5. The molecule has 222 valence electrons. The van der Waals surface area contributed by atoms with E-state index in [0.717, 1.165) is 36.9 Å². The lowest BCUT2D eigenvalue weighted by molar-refractivity contribution is -0.124. The van der Waals surface area contributed by atoms with E-state index in [1.165, 1.54) is 0 Å². The second-order valence-electron chi connectivity index (χ2n) is 10.8. The Bertz CT molecular complexity index is 1370. The predicted molar refractivity (Wildman–Crippen MR) is 160 cm³/mol. The summed E-state index contributed by atoms with van der Waals surface area (Å²) in [6.07, 6.45) is 6.02. The Hall–Kier alpha value is -3.95. The quantitative estimate of drug-likeness (QED) is 0.322. The fourth-order valence-corrected chi connectivity index (χ4v) is 6.49. The molecule has 42 heavy (non-hydrogen) atoms. The number of hydrogen-bond acceptors (Lipinski definition) is 7. The molecule has 0 bridgehead atoms. The number of ether oxygens (including phenoxy) is 2. The van der Waals surface area contributed by atoms with E-state index in [0.29, 0.717) is 42.1 Å². The molecule has 4 atom stereocenters. The van der Waals surface area contributed by atoms with Crippen LogP contribution in [0.4, 0.5) is 0 Å². The van der Waals surface area contributed by atoms with Crippen molar-refractivity contribution < 1.29 is 24.2 Å². The van der Waals surface area contributed by atoms with Crippen molar-refractivity contribution in [3.63, 3.8) is 0 Å². The van der Waals surface area contributed by atoms with Crippen LogP contribution in [0.15, 0.2) is 66.9 Å². The number of rotatable bonds is 11. The molecule has 5 rings (SSSR count). The van der Waals surface area contributed by atoms with Crippen LogP contribution < -0.4 is 20.1 Å². The van der Waals surface area contributed by atoms with Gasteiger partial charge >= 0.3 is 0 Å². The van der Waals surface area contributed by atoms with Gasteiger partial charge in [-0.15, -0.1) is 0 Å². The van der Waals surface area contributed by atoms with Crippen molar-refractivity contribution in [3.8, 4) is 11.5 Å². The zero-order chi connectivity index (χ0) is 29.5. The molecule has 2 aromatic carbocycles. The number of carbonyl (C=O) groups is 2. The van der Waals surface area contributed by atoms with Crippen LogP contribution in [0.3, 0.4) is 0 Å². The molecule has 2 aliphatic rings. The van der Waals surface area contributed by atoms with Crippen molar-refractivity contribution in [1.29, 1.82) is 0 Å². The van der Waals surface area contributed by atoms with Gasteiger partial charge in [0.05, 0.1) is 32.8 Å². The minimum Gasteiger partial charge on any atom is -0.497 e. The molecule has 4 unspecified atom stereocenters. The summed E-state index contributed by atoms with van der Waals surface area (Å²) in [6.45, 7) is 0.865. The van der Waals surface area contributed by atoms with Crippen LogP contribution in [0.2, 0.25) is 0 Å². The molecular weight excluding hydrogens is 532 g/mol. The number of amides is 2. The van der Waals surface area contributed by atoms with Gasteiger partial charge in [0.2, 0.25) is 5.91 Å². The van der Waals surface area contributed by atoms with E-state index in [2.05, 4.69) is 15.6 Å². The summed E-state index contributed by atoms with van der Waals surface area (Å²) in [5.41, 5.74) is 2.88. The average Bonchev–Trinajstić information content (AvgIpc) is 3.04. The van der Waals surface area contributed by atoms with Crippen LogP contribution in [-0.4, -0.2) is 72.8 Å². The maximum Gasteiger partial charge on any atom is 0.255 e. The predicted octanol–water partition coefficient (Wildman–Crippen LogP) is 3.63. The highest BCUT2D eigenvalue weighted by Gasteiger charge is 2.49. The molecule has 2 amide bonds. The number of hydrogen-bond donors (Lipinski definition) is 3. The van der Waals surface area contributed by atoms with Gasteiger partial charge in [0, 0.05) is 60.7 Å². The Labute approximate surface area is 247 Å². The van der Waals surface area contributed by atoms with Crippen molar-refractivity contribution >= 4 is 11.8 Å². The number of aromatic nitrogens is 1. The standard InChI is InChI=1S/C33H40N4O5/c1-41-23-14-15-26(29(21-23)42-2)31-30(32(39)36-18-16-22-9-7-8-17-34-22)24-10-3-4-11-25(24)33(40)37(31)28-13-6-5-12-27(28)35-19-20-38/h3-4,7-11,14-15,17,21,27-28,30-31,35,38H,5-6,12-13,16,18-20H2,1-2H3,(H,36,39). The van der Waals surface area contributed by atoms with Crippen molar-refractivity contribution in [3.05, 3.63) is 89.2 Å². The molecule has 1 fully saturated rings. The van der Waals surface area contributed by atoms with Gasteiger partial charge in [-0.25, -0.2) is 0 Å². The van der Waals surface area contributed by atoms with E-state index in [9.17, 15) is 14.7 Å². The minimum absolute atomic E-state index is 0.0109. The molecule has 1 aliphatic carbocycles. The largest absolute Gasteiger partial charge is 0.497 e. The van der Waals surface area contributed by atoms with E-state index in [1.807, 2.05) is 59.5 Å². The lowest BCUT2D eigenvalue weighted by Crippen LogP contribution is -2.58. The molecule has 0 saturated heterocycles. The summed E-state index contributed by atoms with van der Waals surface area (Å²) in [6, 6.07) is 17.9. The van der Waals surface area contributed by atoms with Crippen LogP contribution in [0.1, 0.15) is 64.8 Å². The van der Waals surface area contributed by atoms with Gasteiger partial charge in [-0.05, 0) is 48.7 Å². The number of pyridine rings is 1. The second kappa shape index (κ2) is 13.8. The summed E-state index contributed by atoms with van der Waals surface area (Å²) < 4.78 is 11.3. The van der Waals surface area contributed by atoms with Gasteiger partial charge in [0.25, 0.3) is 5.91 Å². The van der Waals surface area contributed by atoms with Gasteiger partial charge in [-0.3, -0.25) is 14.6 Å². The molecule has 2 heterocycles. The summed E-state index contributed by atoms with van der Waals surface area (Å²) >= 11 is 0. The first-order chi connectivity index (χ1) is 20.6. The number of nitrogens with one attached hydrogen (secondary N) is 2. The van der Waals surface area contributed by atoms with E-state index >= 15 is 0 Å². The lowest BCUT2D eigenvalue weighted by Gasteiger charge is -2.49. The fourth-order valence-electron chi connectivity index (χ4n) is 6.49. The second-order valence-corrected chi connectivity index (χ2v) is 10.8. The molecule has 1 aromatic heterocycles. The van der Waals surface area contributed by atoms with Crippen LogP contribution in [-0.2, 0) is 11.2 Å². The Morgan fingerprint density at radius 1 is 1.00 bits per heavy atom. The highest BCUT2D eigenvalue weighted by molar-refractivity contribution is 6.01. The third-order valence-corrected chi connectivity index (χ3v) is 8.43. The molecule has 9 heteroatoms. The van der Waals surface area contributed by atoms with Crippen molar-refractivity contribution in [2.24, 2.45) is 0 Å². The van der Waals surface area contributed by atoms with E-state index < -0.39 is 12.0 Å². The number of nitrogens with zero attached hydrogens (tertiary/aromatic N) is 2. The highest BCUT2D eigenvalue weighted by Crippen LogP contribution is 2.48. The maximum atomic E-state index is 14.5. The van der Waals surface area contributed by atoms with Crippen molar-refractivity contribution in [1.82, 2.24) is 20.5 Å². The highest BCUT2D eigenvalue weighted by atomic mass is 16.5. The molecule has 3 N–H and O–H groups in total. The number of aliphatic hydroxyl groups is 1. The minimum atomic E-state index is -0.676. The molecule has 3 aromatic rings. The van der Waals surface area contributed by atoms with Gasteiger partial charge in [0.15, 0.2) is 0 Å². The molecule has 0 spiro atoms. The van der Waals surface area contributed by atoms with Gasteiger partial charge < -0.3 is 30.1 Å². The zero-order valence-electron chi connectivity index (χ0n) is 24.3. The summed E-state index contributed by atoms with van der Waals surface area (Å²) in [4.78, 5) is 35.0. The zero-order valence-corrected chi connectivity index (χ0v) is 24.3. The number of aliphatic hydroxyl groups excluding tert-OH is 1. The van der Waals surface area contributed by atoms with Gasteiger partial charge in [-0.1, -0.05) is 37.1 Å². The normalized spacial score (nSPS) is 21.9. The summed E-state index contributed by atoms with van der Waals surface area (Å²) in [7, 11) is 3.19. The maximum absolute atomic E-state index is 14.5. The summed E-state index contributed by atoms with van der Waals surface area (Å²) in [5.74, 6) is 0.244. The number of fused-ring (bicyclic) bond motifs is 1. The van der Waals surface area contributed by atoms with E-state index in [-0.39, 0.29) is 30.5 Å². The monoisotopic (exact) mass is 572 g/mol. The Kier molecular flexibility index (Phi) is 9.71. The SMILES string of the molecule is COc1ccc(C2C(C(=O)NCCc3ccccn3)c3ccccc3C(=O)N2C2CCCCC2NCCO)c(OC)c1. The van der Waals surface area contributed by atoms with E-state index in [1.54, 1.807) is 26.5 Å². The van der Waals surface area contributed by atoms with E-state index in [4.69, 9.17) is 9.47 Å². The Morgan fingerprint density at radius 3 is 2.57 bits per heavy atom. The van der Waals surface area contributed by atoms with Gasteiger partial charge in [-0.2, -0.15) is 0 Å². The van der Waals surface area contributed by atoms with Crippen molar-refractivity contribution in [2.75, 3.05) is 33.9 Å². The first kappa shape index (κ1) is 29.5. The van der Waals surface area contributed by atoms with Crippen LogP contribution in [0.25, 0.3) is 0 Å². The third kappa shape index (κ3) is 6.12. The molecule has 9 nitrogen and oxygen atoms in total. The number of methoxy groups -OCH3 is 2. The fraction of sp³-hybridized carbons (Fsp3) is 0.424. The number of benzene rings is 2. The smallest absolute Gasteiger partial charge is 0.255 e.